The van der Waals surface area contributed by atoms with Crippen LogP contribution in [0.15, 0.2) is 28.7 Å². The van der Waals surface area contributed by atoms with E-state index in [-0.39, 0.29) is 0 Å². The zero-order valence-corrected chi connectivity index (χ0v) is 14.4. The van der Waals surface area contributed by atoms with E-state index in [4.69, 9.17) is 4.74 Å². The number of halogens is 1. The summed E-state index contributed by atoms with van der Waals surface area (Å²) in [7, 11) is 2.18. The van der Waals surface area contributed by atoms with Gasteiger partial charge in [0.2, 0.25) is 0 Å². The SMILES string of the molecule is CC(C)N(C)CCCCNCCOc1cccc(Br)c1. The van der Waals surface area contributed by atoms with Gasteiger partial charge in [-0.3, -0.25) is 0 Å². The van der Waals surface area contributed by atoms with Gasteiger partial charge in [-0.1, -0.05) is 22.0 Å². The third kappa shape index (κ3) is 7.88. The first kappa shape index (κ1) is 17.5. The van der Waals surface area contributed by atoms with E-state index in [1.807, 2.05) is 24.3 Å². The van der Waals surface area contributed by atoms with Crippen molar-refractivity contribution in [3.05, 3.63) is 28.7 Å². The number of nitrogens with one attached hydrogen (secondary N) is 1. The van der Waals surface area contributed by atoms with Crippen LogP contribution in [-0.4, -0.2) is 44.2 Å². The van der Waals surface area contributed by atoms with E-state index >= 15 is 0 Å². The Kier molecular flexibility index (Phi) is 8.90. The summed E-state index contributed by atoms with van der Waals surface area (Å²) in [6.45, 7) is 8.31. The Bertz CT molecular complexity index is 371. The standard InChI is InChI=1S/C16H27BrN2O/c1-14(2)19(3)11-5-4-9-18-10-12-20-16-8-6-7-15(17)13-16/h6-8,13-14,18H,4-5,9-12H2,1-3H3. The molecular formula is C16H27BrN2O. The predicted octanol–water partition coefficient (Wildman–Crippen LogP) is 3.54. The van der Waals surface area contributed by atoms with E-state index in [1.54, 1.807) is 0 Å². The minimum absolute atomic E-state index is 0.640. The van der Waals surface area contributed by atoms with Crippen molar-refractivity contribution >= 4 is 15.9 Å². The molecule has 1 aromatic rings. The Morgan fingerprint density at radius 2 is 2.05 bits per heavy atom. The number of unbranched alkanes of at least 4 members (excludes halogenated alkanes) is 1. The van der Waals surface area contributed by atoms with Crippen molar-refractivity contribution in [2.75, 3.05) is 33.3 Å². The lowest BCUT2D eigenvalue weighted by Gasteiger charge is -2.20. The Labute approximate surface area is 131 Å². The molecule has 20 heavy (non-hydrogen) atoms. The van der Waals surface area contributed by atoms with Gasteiger partial charge in [-0.2, -0.15) is 0 Å². The van der Waals surface area contributed by atoms with Crippen LogP contribution in [0.2, 0.25) is 0 Å². The first-order valence-electron chi connectivity index (χ1n) is 7.39. The lowest BCUT2D eigenvalue weighted by Crippen LogP contribution is -2.28. The normalized spacial score (nSPS) is 11.3. The number of rotatable bonds is 10. The molecule has 0 saturated heterocycles. The number of ether oxygens (including phenoxy) is 1. The molecule has 1 N–H and O–H groups in total. The minimum Gasteiger partial charge on any atom is -0.492 e. The molecule has 0 aliphatic heterocycles. The summed E-state index contributed by atoms with van der Waals surface area (Å²) >= 11 is 3.44. The zero-order chi connectivity index (χ0) is 14.8. The number of benzene rings is 1. The van der Waals surface area contributed by atoms with Gasteiger partial charge in [0, 0.05) is 17.1 Å². The van der Waals surface area contributed by atoms with Crippen LogP contribution in [0.4, 0.5) is 0 Å². The summed E-state index contributed by atoms with van der Waals surface area (Å²) in [5.41, 5.74) is 0. The second-order valence-corrected chi connectivity index (χ2v) is 6.25. The van der Waals surface area contributed by atoms with Crippen LogP contribution in [0.1, 0.15) is 26.7 Å². The van der Waals surface area contributed by atoms with Gasteiger partial charge in [-0.15, -0.1) is 0 Å². The third-order valence-electron chi connectivity index (χ3n) is 3.34. The molecule has 0 bridgehead atoms. The number of hydrogen-bond acceptors (Lipinski definition) is 3. The van der Waals surface area contributed by atoms with Crippen molar-refractivity contribution in [1.29, 1.82) is 0 Å². The van der Waals surface area contributed by atoms with Gasteiger partial charge in [-0.05, 0) is 65.0 Å². The molecule has 1 rings (SSSR count). The van der Waals surface area contributed by atoms with E-state index in [1.165, 1.54) is 19.4 Å². The summed E-state index contributed by atoms with van der Waals surface area (Å²) in [6, 6.07) is 8.59. The molecule has 4 heteroatoms. The molecule has 0 unspecified atom stereocenters. The van der Waals surface area contributed by atoms with E-state index in [0.717, 1.165) is 23.3 Å². The molecule has 0 atom stereocenters. The lowest BCUT2D eigenvalue weighted by molar-refractivity contribution is 0.267. The van der Waals surface area contributed by atoms with E-state index in [0.29, 0.717) is 12.6 Å². The summed E-state index contributed by atoms with van der Waals surface area (Å²) in [5.74, 6) is 0.916. The summed E-state index contributed by atoms with van der Waals surface area (Å²) in [4.78, 5) is 2.39. The van der Waals surface area contributed by atoms with Crippen LogP contribution < -0.4 is 10.1 Å². The molecule has 0 spiro atoms. The van der Waals surface area contributed by atoms with Crippen molar-refractivity contribution in [3.63, 3.8) is 0 Å². The van der Waals surface area contributed by atoms with Crippen molar-refractivity contribution in [3.8, 4) is 5.75 Å². The van der Waals surface area contributed by atoms with Gasteiger partial charge in [0.25, 0.3) is 0 Å². The van der Waals surface area contributed by atoms with Gasteiger partial charge < -0.3 is 15.0 Å². The fourth-order valence-corrected chi connectivity index (χ4v) is 2.17. The highest BCUT2D eigenvalue weighted by Gasteiger charge is 2.01. The zero-order valence-electron chi connectivity index (χ0n) is 12.9. The Balaban J connectivity index is 1.95. The molecule has 0 heterocycles. The molecule has 1 aromatic carbocycles. The molecule has 0 fully saturated rings. The minimum atomic E-state index is 0.640. The van der Waals surface area contributed by atoms with Gasteiger partial charge in [0.05, 0.1) is 0 Å². The maximum absolute atomic E-state index is 5.66. The average Bonchev–Trinajstić information content (AvgIpc) is 2.41. The second kappa shape index (κ2) is 10.2. The van der Waals surface area contributed by atoms with Crippen LogP contribution in [-0.2, 0) is 0 Å². The quantitative estimate of drug-likeness (QED) is 0.658. The maximum atomic E-state index is 5.66. The van der Waals surface area contributed by atoms with Crippen molar-refractivity contribution < 1.29 is 4.74 Å². The molecule has 0 radical (unpaired) electrons. The monoisotopic (exact) mass is 342 g/mol. The first-order valence-corrected chi connectivity index (χ1v) is 8.18. The Morgan fingerprint density at radius 1 is 1.25 bits per heavy atom. The molecule has 0 saturated carbocycles. The Morgan fingerprint density at radius 3 is 2.75 bits per heavy atom. The van der Waals surface area contributed by atoms with Crippen molar-refractivity contribution in [2.45, 2.75) is 32.7 Å². The van der Waals surface area contributed by atoms with Gasteiger partial charge in [0.1, 0.15) is 12.4 Å². The third-order valence-corrected chi connectivity index (χ3v) is 3.83. The largest absolute Gasteiger partial charge is 0.492 e. The molecule has 3 nitrogen and oxygen atoms in total. The van der Waals surface area contributed by atoms with Crippen molar-refractivity contribution in [2.24, 2.45) is 0 Å². The van der Waals surface area contributed by atoms with Crippen LogP contribution in [0.3, 0.4) is 0 Å². The van der Waals surface area contributed by atoms with E-state index in [2.05, 4.69) is 47.0 Å². The van der Waals surface area contributed by atoms with Crippen LogP contribution in [0.5, 0.6) is 5.75 Å². The molecule has 0 aliphatic carbocycles. The summed E-state index contributed by atoms with van der Waals surface area (Å²) in [6.07, 6.45) is 2.46. The molecule has 0 aromatic heterocycles. The highest BCUT2D eigenvalue weighted by molar-refractivity contribution is 9.10. The fourth-order valence-electron chi connectivity index (χ4n) is 1.79. The fraction of sp³-hybridized carbons (Fsp3) is 0.625. The molecule has 114 valence electrons. The molecular weight excluding hydrogens is 316 g/mol. The van der Waals surface area contributed by atoms with E-state index < -0.39 is 0 Å². The van der Waals surface area contributed by atoms with E-state index in [9.17, 15) is 0 Å². The summed E-state index contributed by atoms with van der Waals surface area (Å²) in [5, 5.41) is 3.42. The average molecular weight is 343 g/mol. The van der Waals surface area contributed by atoms with Gasteiger partial charge >= 0.3 is 0 Å². The van der Waals surface area contributed by atoms with Crippen LogP contribution in [0.25, 0.3) is 0 Å². The van der Waals surface area contributed by atoms with Crippen molar-refractivity contribution in [1.82, 2.24) is 10.2 Å². The molecule has 0 aliphatic rings. The Hall–Kier alpha value is -0.580. The molecule has 0 amide bonds. The highest BCUT2D eigenvalue weighted by atomic mass is 79.9. The second-order valence-electron chi connectivity index (χ2n) is 5.34. The first-order chi connectivity index (χ1) is 9.59. The predicted molar refractivity (Wildman–Crippen MR) is 89.5 cm³/mol. The summed E-state index contributed by atoms with van der Waals surface area (Å²) < 4.78 is 6.72. The maximum Gasteiger partial charge on any atom is 0.120 e. The van der Waals surface area contributed by atoms with Crippen LogP contribution >= 0.6 is 15.9 Å². The highest BCUT2D eigenvalue weighted by Crippen LogP contribution is 2.17. The van der Waals surface area contributed by atoms with Gasteiger partial charge in [-0.25, -0.2) is 0 Å². The number of hydrogen-bond donors (Lipinski definition) is 1. The van der Waals surface area contributed by atoms with Gasteiger partial charge in [0.15, 0.2) is 0 Å². The smallest absolute Gasteiger partial charge is 0.120 e. The lowest BCUT2D eigenvalue weighted by atomic mass is 10.2. The topological polar surface area (TPSA) is 24.5 Å². The number of nitrogens with zero attached hydrogens (tertiary/aromatic N) is 1. The van der Waals surface area contributed by atoms with Crippen LogP contribution in [0, 0.1) is 0 Å².